The summed E-state index contributed by atoms with van der Waals surface area (Å²) in [4.78, 5) is 12.6. The van der Waals surface area contributed by atoms with E-state index in [9.17, 15) is 0 Å². The van der Waals surface area contributed by atoms with Crippen molar-refractivity contribution in [3.05, 3.63) is 54.1 Å². The molecule has 4 heteroatoms. The second-order valence-corrected chi connectivity index (χ2v) is 4.03. The highest BCUT2D eigenvalue weighted by atomic mass is 35.5. The van der Waals surface area contributed by atoms with Gasteiger partial charge in [-0.3, -0.25) is 9.97 Å². The first kappa shape index (κ1) is 10.2. The molecule has 0 bridgehead atoms. The van der Waals surface area contributed by atoms with Crippen molar-refractivity contribution in [3.63, 3.8) is 0 Å². The molecule has 0 unspecified atom stereocenters. The Balaban J connectivity index is 2.22. The first-order chi connectivity index (χ1) is 8.34. The van der Waals surface area contributed by atoms with Gasteiger partial charge in [-0.1, -0.05) is 17.7 Å². The first-order valence-corrected chi connectivity index (χ1v) is 5.53. The van der Waals surface area contributed by atoms with E-state index in [0.717, 1.165) is 22.2 Å². The Kier molecular flexibility index (Phi) is 2.46. The van der Waals surface area contributed by atoms with Gasteiger partial charge in [-0.15, -0.1) is 0 Å². The molecule has 0 saturated heterocycles. The van der Waals surface area contributed by atoms with Crippen LogP contribution in [0.25, 0.3) is 22.2 Å². The summed E-state index contributed by atoms with van der Waals surface area (Å²) in [5.74, 6) is 0. The van der Waals surface area contributed by atoms with Gasteiger partial charge >= 0.3 is 0 Å². The molecule has 3 aromatic rings. The normalized spacial score (nSPS) is 10.6. The number of hydrogen-bond donors (Lipinski definition) is 0. The van der Waals surface area contributed by atoms with Gasteiger partial charge in [0.25, 0.3) is 0 Å². The molecule has 82 valence electrons. The lowest BCUT2D eigenvalue weighted by Crippen LogP contribution is -1.87. The summed E-state index contributed by atoms with van der Waals surface area (Å²) in [5.41, 5.74) is 2.57. The molecule has 0 aliphatic heterocycles. The summed E-state index contributed by atoms with van der Waals surface area (Å²) in [5, 5.41) is 1.66. The Hall–Kier alpha value is -2.00. The van der Waals surface area contributed by atoms with Crippen molar-refractivity contribution in [2.45, 2.75) is 0 Å². The molecule has 3 rings (SSSR count). The lowest BCUT2D eigenvalue weighted by atomic mass is 10.1. The third kappa shape index (κ3) is 1.85. The van der Waals surface area contributed by atoms with Crippen molar-refractivity contribution in [2.75, 3.05) is 0 Å². The van der Waals surface area contributed by atoms with Crippen LogP contribution in [0.3, 0.4) is 0 Å². The van der Waals surface area contributed by atoms with E-state index in [2.05, 4.69) is 15.0 Å². The maximum atomic E-state index is 6.09. The first-order valence-electron chi connectivity index (χ1n) is 5.15. The van der Waals surface area contributed by atoms with Crippen LogP contribution in [0.1, 0.15) is 0 Å². The second-order valence-electron chi connectivity index (χ2n) is 3.62. The quantitative estimate of drug-likeness (QED) is 0.656. The Morgan fingerprint density at radius 2 is 1.71 bits per heavy atom. The van der Waals surface area contributed by atoms with Gasteiger partial charge in [0.1, 0.15) is 0 Å². The number of hydrogen-bond acceptors (Lipinski definition) is 3. The van der Waals surface area contributed by atoms with Crippen LogP contribution >= 0.6 is 11.6 Å². The van der Waals surface area contributed by atoms with Crippen LogP contribution in [0.15, 0.2) is 49.1 Å². The Bertz CT molecular complexity index is 682. The zero-order valence-electron chi connectivity index (χ0n) is 8.84. The van der Waals surface area contributed by atoms with Crippen LogP contribution in [0.5, 0.6) is 0 Å². The minimum Gasteiger partial charge on any atom is -0.263 e. The van der Waals surface area contributed by atoms with Gasteiger partial charge in [0, 0.05) is 29.5 Å². The molecule has 0 radical (unpaired) electrons. The molecule has 0 aromatic carbocycles. The van der Waals surface area contributed by atoms with Crippen molar-refractivity contribution < 1.29 is 0 Å². The van der Waals surface area contributed by atoms with Crippen molar-refractivity contribution >= 4 is 22.5 Å². The molecule has 0 atom stereocenters. The molecule has 17 heavy (non-hydrogen) atoms. The Morgan fingerprint density at radius 1 is 0.882 bits per heavy atom. The largest absolute Gasteiger partial charge is 0.263 e. The van der Waals surface area contributed by atoms with Crippen molar-refractivity contribution in [3.8, 4) is 11.3 Å². The van der Waals surface area contributed by atoms with Crippen LogP contribution in [-0.4, -0.2) is 15.0 Å². The van der Waals surface area contributed by atoms with E-state index >= 15 is 0 Å². The molecule has 0 N–H and O–H groups in total. The Labute approximate surface area is 103 Å². The predicted octanol–water partition coefficient (Wildman–Crippen LogP) is 3.35. The van der Waals surface area contributed by atoms with Crippen LogP contribution in [0, 0.1) is 0 Å². The average Bonchev–Trinajstić information content (AvgIpc) is 2.39. The summed E-state index contributed by atoms with van der Waals surface area (Å²) < 4.78 is 0. The number of aromatic nitrogens is 3. The maximum Gasteiger partial charge on any atom is 0.0892 e. The number of halogens is 1. The molecule has 0 saturated carbocycles. The van der Waals surface area contributed by atoms with Crippen LogP contribution in [0.2, 0.25) is 5.02 Å². The van der Waals surface area contributed by atoms with Crippen molar-refractivity contribution in [1.82, 2.24) is 15.0 Å². The van der Waals surface area contributed by atoms with Crippen LogP contribution < -0.4 is 0 Å². The second kappa shape index (κ2) is 4.11. The topological polar surface area (TPSA) is 38.7 Å². The highest BCUT2D eigenvalue weighted by Crippen LogP contribution is 2.26. The predicted molar refractivity (Wildman–Crippen MR) is 67.8 cm³/mol. The van der Waals surface area contributed by atoms with E-state index in [4.69, 9.17) is 11.6 Å². The summed E-state index contributed by atoms with van der Waals surface area (Å²) in [6, 6.07) is 7.74. The number of fused-ring (bicyclic) bond motifs is 1. The molecule has 3 aromatic heterocycles. The minimum atomic E-state index is 0.600. The molecule has 3 nitrogen and oxygen atoms in total. The van der Waals surface area contributed by atoms with Gasteiger partial charge in [-0.2, -0.15) is 0 Å². The van der Waals surface area contributed by atoms with Crippen LogP contribution in [-0.2, 0) is 0 Å². The van der Waals surface area contributed by atoms with E-state index < -0.39 is 0 Å². The fraction of sp³-hybridized carbons (Fsp3) is 0. The van der Waals surface area contributed by atoms with Gasteiger partial charge in [-0.05, 0) is 18.2 Å². The van der Waals surface area contributed by atoms with Crippen molar-refractivity contribution in [2.24, 2.45) is 0 Å². The van der Waals surface area contributed by atoms with E-state index in [0.29, 0.717) is 5.02 Å². The average molecular weight is 242 g/mol. The number of pyridine rings is 3. The fourth-order valence-corrected chi connectivity index (χ4v) is 1.92. The fourth-order valence-electron chi connectivity index (χ4n) is 1.70. The molecule has 0 aliphatic rings. The van der Waals surface area contributed by atoms with E-state index in [1.807, 2.05) is 24.3 Å². The molecule has 3 heterocycles. The maximum absolute atomic E-state index is 6.09. The summed E-state index contributed by atoms with van der Waals surface area (Å²) in [7, 11) is 0. The molecule has 0 spiro atoms. The van der Waals surface area contributed by atoms with Crippen LogP contribution in [0.4, 0.5) is 0 Å². The Morgan fingerprint density at radius 3 is 2.59 bits per heavy atom. The summed E-state index contributed by atoms with van der Waals surface area (Å²) in [6.45, 7) is 0. The zero-order valence-corrected chi connectivity index (χ0v) is 9.59. The smallest absolute Gasteiger partial charge is 0.0892 e. The SMILES string of the molecule is Clc1cnccc1-c1ccc2ccncc2n1. The number of rotatable bonds is 1. The molecular formula is C13H8ClN3. The molecule has 0 aliphatic carbocycles. The van der Waals surface area contributed by atoms with E-state index in [1.165, 1.54) is 0 Å². The van der Waals surface area contributed by atoms with Crippen molar-refractivity contribution in [1.29, 1.82) is 0 Å². The van der Waals surface area contributed by atoms with Gasteiger partial charge in [0.05, 0.1) is 22.4 Å². The standard InChI is InChI=1S/C13H8ClN3/c14-11-7-15-6-4-10(11)12-2-1-9-3-5-16-8-13(9)17-12/h1-8H. The summed E-state index contributed by atoms with van der Waals surface area (Å²) >= 11 is 6.09. The van der Waals surface area contributed by atoms with E-state index in [-0.39, 0.29) is 0 Å². The third-order valence-electron chi connectivity index (χ3n) is 2.54. The molecule has 0 amide bonds. The van der Waals surface area contributed by atoms with Gasteiger partial charge in [0.15, 0.2) is 0 Å². The lowest BCUT2D eigenvalue weighted by molar-refractivity contribution is 1.29. The number of nitrogens with zero attached hydrogens (tertiary/aromatic N) is 3. The van der Waals surface area contributed by atoms with E-state index in [1.54, 1.807) is 24.8 Å². The molecule has 0 fully saturated rings. The highest BCUT2D eigenvalue weighted by Gasteiger charge is 2.05. The lowest BCUT2D eigenvalue weighted by Gasteiger charge is -2.04. The summed E-state index contributed by atoms with van der Waals surface area (Å²) in [6.07, 6.45) is 6.82. The highest BCUT2D eigenvalue weighted by molar-refractivity contribution is 6.33. The monoisotopic (exact) mass is 241 g/mol. The third-order valence-corrected chi connectivity index (χ3v) is 2.84. The minimum absolute atomic E-state index is 0.600. The van der Waals surface area contributed by atoms with Gasteiger partial charge in [0.2, 0.25) is 0 Å². The zero-order chi connectivity index (χ0) is 11.7. The van der Waals surface area contributed by atoms with Gasteiger partial charge < -0.3 is 0 Å². The molecular weight excluding hydrogens is 234 g/mol. The van der Waals surface area contributed by atoms with Gasteiger partial charge in [-0.25, -0.2) is 4.98 Å².